The summed E-state index contributed by atoms with van der Waals surface area (Å²) >= 11 is 0. The molecule has 0 aliphatic carbocycles. The first-order valence-corrected chi connectivity index (χ1v) is 13.8. The summed E-state index contributed by atoms with van der Waals surface area (Å²) in [5.41, 5.74) is 3.62. The van der Waals surface area contributed by atoms with Crippen molar-refractivity contribution < 1.29 is 23.9 Å². The number of fused-ring (bicyclic) bond motifs is 2. The molecule has 0 unspecified atom stereocenters. The van der Waals surface area contributed by atoms with Gasteiger partial charge in [0.1, 0.15) is 5.75 Å². The average molecular weight is 574 g/mol. The Bertz CT molecular complexity index is 1600. The highest BCUT2D eigenvalue weighted by Gasteiger charge is 2.36. The number of methoxy groups -OCH3 is 1. The lowest BCUT2D eigenvalue weighted by Gasteiger charge is -2.28. The maximum atomic E-state index is 13.0. The van der Waals surface area contributed by atoms with E-state index in [1.807, 2.05) is 17.0 Å². The van der Waals surface area contributed by atoms with Gasteiger partial charge in [0.25, 0.3) is 23.6 Å². The Morgan fingerprint density at radius 3 is 1.30 bits per heavy atom. The van der Waals surface area contributed by atoms with Gasteiger partial charge in [0.05, 0.1) is 40.7 Å². The fraction of sp³-hybridized carbons (Fsp3) is 0.152. The molecule has 0 aromatic heterocycles. The normalized spacial score (nSPS) is 14.1. The quantitative estimate of drug-likeness (QED) is 0.183. The minimum absolute atomic E-state index is 0.132. The topological polar surface area (TPSA) is 112 Å². The molecule has 4 aromatic carbocycles. The van der Waals surface area contributed by atoms with E-state index in [0.29, 0.717) is 46.7 Å². The SMILES string of the molecule is COc1ccc(/N=N/c2ccc(N(CCN3C(=O)c4ccccc4C3=O)CCN3C(=O)c4ccccc4C3=O)cc2)cc1. The summed E-state index contributed by atoms with van der Waals surface area (Å²) in [6, 6.07) is 28.0. The molecular weight excluding hydrogens is 546 g/mol. The molecule has 0 radical (unpaired) electrons. The number of amides is 4. The van der Waals surface area contributed by atoms with Crippen LogP contribution in [0.15, 0.2) is 107 Å². The number of azo groups is 1. The molecule has 0 N–H and O–H groups in total. The molecule has 0 spiro atoms. The molecule has 0 saturated heterocycles. The van der Waals surface area contributed by atoms with Gasteiger partial charge >= 0.3 is 0 Å². The molecular formula is C33H27N5O5. The third kappa shape index (κ3) is 5.38. The molecule has 2 aliphatic rings. The largest absolute Gasteiger partial charge is 0.497 e. The number of nitrogens with zero attached hydrogens (tertiary/aromatic N) is 5. The van der Waals surface area contributed by atoms with Crippen LogP contribution in [0.1, 0.15) is 41.4 Å². The monoisotopic (exact) mass is 573 g/mol. The summed E-state index contributed by atoms with van der Waals surface area (Å²) in [5.74, 6) is -0.624. The Kier molecular flexibility index (Phi) is 7.48. The third-order valence-electron chi connectivity index (χ3n) is 7.51. The Hall–Kier alpha value is -5.64. The molecule has 0 fully saturated rings. The van der Waals surface area contributed by atoms with Crippen LogP contribution < -0.4 is 9.64 Å². The summed E-state index contributed by atoms with van der Waals surface area (Å²) in [6.45, 7) is 0.851. The lowest BCUT2D eigenvalue weighted by Crippen LogP contribution is -2.42. The van der Waals surface area contributed by atoms with E-state index in [-0.39, 0.29) is 36.7 Å². The molecule has 6 rings (SSSR count). The van der Waals surface area contributed by atoms with Gasteiger partial charge in [-0.3, -0.25) is 29.0 Å². The van der Waals surface area contributed by atoms with Gasteiger partial charge in [-0.05, 0) is 72.8 Å². The van der Waals surface area contributed by atoms with Crippen molar-refractivity contribution in [2.24, 2.45) is 10.2 Å². The van der Waals surface area contributed by atoms with Crippen LogP contribution >= 0.6 is 0 Å². The number of hydrogen-bond acceptors (Lipinski definition) is 8. The summed E-state index contributed by atoms with van der Waals surface area (Å²) in [5, 5.41) is 8.58. The minimum Gasteiger partial charge on any atom is -0.497 e. The highest BCUT2D eigenvalue weighted by molar-refractivity contribution is 6.22. The Morgan fingerprint density at radius 1 is 0.558 bits per heavy atom. The Labute approximate surface area is 247 Å². The molecule has 0 atom stereocenters. The number of imide groups is 2. The van der Waals surface area contributed by atoms with Gasteiger partial charge in [-0.15, -0.1) is 0 Å². The van der Waals surface area contributed by atoms with Crippen molar-refractivity contribution in [3.63, 3.8) is 0 Å². The molecule has 4 aromatic rings. The van der Waals surface area contributed by atoms with Crippen LogP contribution in [0.2, 0.25) is 0 Å². The average Bonchev–Trinajstić information content (AvgIpc) is 3.44. The molecule has 214 valence electrons. The number of rotatable bonds is 10. The van der Waals surface area contributed by atoms with Gasteiger partial charge in [-0.25, -0.2) is 0 Å². The van der Waals surface area contributed by atoms with E-state index in [1.165, 1.54) is 9.80 Å². The van der Waals surface area contributed by atoms with Gasteiger partial charge in [-0.1, -0.05) is 24.3 Å². The molecule has 10 heteroatoms. The first-order valence-electron chi connectivity index (χ1n) is 13.8. The summed E-state index contributed by atoms with van der Waals surface area (Å²) in [6.07, 6.45) is 0. The lowest BCUT2D eigenvalue weighted by atomic mass is 10.1. The highest BCUT2D eigenvalue weighted by atomic mass is 16.5. The van der Waals surface area contributed by atoms with E-state index in [4.69, 9.17) is 4.74 Å². The van der Waals surface area contributed by atoms with Crippen LogP contribution in [0.5, 0.6) is 5.75 Å². The first kappa shape index (κ1) is 27.5. The molecule has 2 aliphatic heterocycles. The fourth-order valence-electron chi connectivity index (χ4n) is 5.19. The first-order chi connectivity index (χ1) is 20.9. The predicted molar refractivity (Wildman–Crippen MR) is 159 cm³/mol. The predicted octanol–water partition coefficient (Wildman–Crippen LogP) is 5.51. The van der Waals surface area contributed by atoms with Crippen molar-refractivity contribution in [2.45, 2.75) is 0 Å². The van der Waals surface area contributed by atoms with Crippen molar-refractivity contribution in [2.75, 3.05) is 38.2 Å². The van der Waals surface area contributed by atoms with Gasteiger partial charge in [0, 0.05) is 31.9 Å². The highest BCUT2D eigenvalue weighted by Crippen LogP contribution is 2.27. The van der Waals surface area contributed by atoms with Crippen LogP contribution in [0.25, 0.3) is 0 Å². The van der Waals surface area contributed by atoms with Crippen LogP contribution in [-0.4, -0.2) is 66.7 Å². The zero-order chi connectivity index (χ0) is 29.9. The Balaban J connectivity index is 1.19. The molecule has 4 amide bonds. The van der Waals surface area contributed by atoms with Crippen LogP contribution in [0.4, 0.5) is 17.1 Å². The number of hydrogen-bond donors (Lipinski definition) is 0. The number of carbonyl (C=O) groups excluding carboxylic acids is 4. The standard InChI is InChI=1S/C33H27N5O5/c1-43-25-16-12-23(13-17-25)35-34-22-10-14-24(15-11-22)36(18-20-37-30(39)26-6-2-3-7-27(26)31(37)40)19-21-38-32(41)28-8-4-5-9-29(28)33(38)42/h2-17H,18-21H2,1H3/b35-34+. The second kappa shape index (κ2) is 11.7. The van der Waals surface area contributed by atoms with E-state index < -0.39 is 0 Å². The van der Waals surface area contributed by atoms with E-state index >= 15 is 0 Å². The van der Waals surface area contributed by atoms with Crippen molar-refractivity contribution >= 4 is 40.7 Å². The molecule has 2 heterocycles. The third-order valence-corrected chi connectivity index (χ3v) is 7.51. The van der Waals surface area contributed by atoms with Crippen molar-refractivity contribution in [3.8, 4) is 5.75 Å². The van der Waals surface area contributed by atoms with E-state index in [1.54, 1.807) is 92.0 Å². The van der Waals surface area contributed by atoms with Gasteiger partial charge in [0.2, 0.25) is 0 Å². The second-order valence-electron chi connectivity index (χ2n) is 10.0. The summed E-state index contributed by atoms with van der Waals surface area (Å²) in [4.78, 5) is 56.3. The second-order valence-corrected chi connectivity index (χ2v) is 10.0. The number of ether oxygens (including phenoxy) is 1. The number of anilines is 1. The minimum atomic E-state index is -0.338. The fourth-order valence-corrected chi connectivity index (χ4v) is 5.19. The molecule has 10 nitrogen and oxygen atoms in total. The van der Waals surface area contributed by atoms with E-state index in [0.717, 1.165) is 11.4 Å². The number of carbonyl (C=O) groups is 4. The van der Waals surface area contributed by atoms with Crippen molar-refractivity contribution in [1.82, 2.24) is 9.80 Å². The smallest absolute Gasteiger partial charge is 0.261 e. The number of benzene rings is 4. The van der Waals surface area contributed by atoms with Crippen molar-refractivity contribution in [3.05, 3.63) is 119 Å². The summed E-state index contributed by atoms with van der Waals surface area (Å²) in [7, 11) is 1.60. The van der Waals surface area contributed by atoms with E-state index in [9.17, 15) is 19.2 Å². The summed E-state index contributed by atoms with van der Waals surface area (Å²) < 4.78 is 5.17. The van der Waals surface area contributed by atoms with Crippen LogP contribution in [0.3, 0.4) is 0 Å². The molecule has 43 heavy (non-hydrogen) atoms. The zero-order valence-corrected chi connectivity index (χ0v) is 23.3. The lowest BCUT2D eigenvalue weighted by molar-refractivity contribution is 0.0650. The Morgan fingerprint density at radius 2 is 0.930 bits per heavy atom. The molecule has 0 saturated carbocycles. The maximum absolute atomic E-state index is 13.0. The van der Waals surface area contributed by atoms with Gasteiger partial charge in [-0.2, -0.15) is 10.2 Å². The van der Waals surface area contributed by atoms with Crippen LogP contribution in [0, 0.1) is 0 Å². The van der Waals surface area contributed by atoms with Gasteiger partial charge < -0.3 is 9.64 Å². The maximum Gasteiger partial charge on any atom is 0.261 e. The van der Waals surface area contributed by atoms with Gasteiger partial charge in [0.15, 0.2) is 0 Å². The zero-order valence-electron chi connectivity index (χ0n) is 23.3. The van der Waals surface area contributed by atoms with E-state index in [2.05, 4.69) is 10.2 Å². The van der Waals surface area contributed by atoms with Crippen molar-refractivity contribution in [1.29, 1.82) is 0 Å². The van der Waals surface area contributed by atoms with Crippen LogP contribution in [-0.2, 0) is 0 Å². The molecule has 0 bridgehead atoms.